The molecule has 9 nitrogen and oxygen atoms in total. The zero-order valence-corrected chi connectivity index (χ0v) is 25.0. The summed E-state index contributed by atoms with van der Waals surface area (Å²) in [4.78, 5) is 29.5. The smallest absolute Gasteiger partial charge is 0.386 e. The summed E-state index contributed by atoms with van der Waals surface area (Å²) < 4.78 is 36.5. The van der Waals surface area contributed by atoms with E-state index in [0.29, 0.717) is 23.1 Å². The number of carbonyl (C=O) groups is 2. The molecule has 42 heavy (non-hydrogen) atoms. The van der Waals surface area contributed by atoms with E-state index in [0.717, 1.165) is 31.4 Å². The van der Waals surface area contributed by atoms with Crippen LogP contribution in [0.5, 0.6) is 0 Å². The monoisotopic (exact) mass is 595 g/mol. The number of carbonyl (C=O) groups excluding carboxylic acids is 1. The van der Waals surface area contributed by atoms with Crippen LogP contribution in [-0.2, 0) is 20.9 Å². The number of hydrogen-bond acceptors (Lipinski definition) is 8. The van der Waals surface area contributed by atoms with Crippen LogP contribution in [0.25, 0.3) is 0 Å². The second-order valence-corrected chi connectivity index (χ2v) is 9.62. The first-order valence-corrected chi connectivity index (χ1v) is 13.4. The Balaban J connectivity index is 0.000000854. The minimum absolute atomic E-state index is 0.188. The molecule has 0 bridgehead atoms. The Bertz CT molecular complexity index is 1050. The average Bonchev–Trinajstić information content (AvgIpc) is 2.96. The van der Waals surface area contributed by atoms with E-state index < -0.39 is 6.18 Å². The van der Waals surface area contributed by atoms with Gasteiger partial charge in [-0.3, -0.25) is 4.79 Å². The molecule has 1 aromatic heterocycles. The van der Waals surface area contributed by atoms with Crippen LogP contribution in [0.15, 0.2) is 65.6 Å². The number of alkyl halides is 3. The van der Waals surface area contributed by atoms with E-state index in [2.05, 4.69) is 32.3 Å². The lowest BCUT2D eigenvalue weighted by Crippen LogP contribution is -2.26. The zero-order chi connectivity index (χ0) is 32.0. The lowest BCUT2D eigenvalue weighted by Gasteiger charge is -2.18. The van der Waals surface area contributed by atoms with E-state index >= 15 is 0 Å². The maximum Gasteiger partial charge on any atom is 0.386 e. The van der Waals surface area contributed by atoms with E-state index in [1.165, 1.54) is 31.0 Å². The van der Waals surface area contributed by atoms with E-state index in [9.17, 15) is 18.0 Å². The first-order chi connectivity index (χ1) is 19.9. The summed E-state index contributed by atoms with van der Waals surface area (Å²) in [6.07, 6.45) is 6.23. The predicted molar refractivity (Wildman–Crippen MR) is 161 cm³/mol. The van der Waals surface area contributed by atoms with Crippen LogP contribution in [0.2, 0.25) is 0 Å². The van der Waals surface area contributed by atoms with Gasteiger partial charge in [0.25, 0.3) is 6.47 Å². The van der Waals surface area contributed by atoms with Crippen molar-refractivity contribution in [2.24, 2.45) is 16.6 Å². The van der Waals surface area contributed by atoms with Crippen molar-refractivity contribution in [3.05, 3.63) is 66.1 Å². The molecule has 0 saturated heterocycles. The van der Waals surface area contributed by atoms with Gasteiger partial charge in [0.15, 0.2) is 5.82 Å². The molecule has 234 valence electrons. The molecule has 0 radical (unpaired) electrons. The van der Waals surface area contributed by atoms with E-state index in [1.807, 2.05) is 51.4 Å². The maximum atomic E-state index is 10.4. The van der Waals surface area contributed by atoms with Crippen molar-refractivity contribution in [2.75, 3.05) is 26.5 Å². The summed E-state index contributed by atoms with van der Waals surface area (Å²) in [5.41, 5.74) is 9.42. The number of methoxy groups -OCH3 is 1. The van der Waals surface area contributed by atoms with Crippen molar-refractivity contribution in [3.8, 4) is 0 Å². The highest BCUT2D eigenvalue weighted by Gasteiger charge is 2.17. The SMILES string of the molecule is CC(F)(F)F.CO[C@@H](C)C(=N\c1ccccn1)/C(=C\N)Nc1ccc(CN(C)C)cc1.O=CC1CCCCC1.O=CO. The van der Waals surface area contributed by atoms with Crippen molar-refractivity contribution in [3.63, 3.8) is 0 Å². The van der Waals surface area contributed by atoms with Crippen molar-refractivity contribution < 1.29 is 32.6 Å². The second-order valence-electron chi connectivity index (χ2n) is 9.62. The maximum absolute atomic E-state index is 10.4. The van der Waals surface area contributed by atoms with Crippen LogP contribution in [0, 0.1) is 5.92 Å². The fourth-order valence-corrected chi connectivity index (χ4v) is 3.70. The molecule has 4 N–H and O–H groups in total. The number of aliphatic imine (C=N–C) groups is 1. The molecule has 1 saturated carbocycles. The Kier molecular flexibility index (Phi) is 19.9. The normalized spacial score (nSPS) is 14.6. The summed E-state index contributed by atoms with van der Waals surface area (Å²) in [6.45, 7) is 2.76. The quantitative estimate of drug-likeness (QED) is 0.231. The molecule has 1 fully saturated rings. The Morgan fingerprint density at radius 1 is 1.17 bits per heavy atom. The summed E-state index contributed by atoms with van der Waals surface area (Å²) in [7, 11) is 5.74. The average molecular weight is 596 g/mol. The number of halogens is 3. The molecule has 1 aromatic carbocycles. The predicted octanol–water partition coefficient (Wildman–Crippen LogP) is 6.20. The number of ether oxygens (including phenoxy) is 1. The topological polar surface area (TPSA) is 130 Å². The van der Waals surface area contributed by atoms with Gasteiger partial charge >= 0.3 is 6.18 Å². The Morgan fingerprint density at radius 3 is 2.14 bits per heavy atom. The number of nitrogens with zero attached hydrogens (tertiary/aromatic N) is 3. The number of aldehydes is 1. The summed E-state index contributed by atoms with van der Waals surface area (Å²) in [5.74, 6) is 1.01. The van der Waals surface area contributed by atoms with Gasteiger partial charge in [0.2, 0.25) is 0 Å². The van der Waals surface area contributed by atoms with Gasteiger partial charge in [-0.15, -0.1) is 0 Å². The van der Waals surface area contributed by atoms with Crippen LogP contribution in [0.3, 0.4) is 0 Å². The van der Waals surface area contributed by atoms with Crippen LogP contribution >= 0.6 is 0 Å². The van der Waals surface area contributed by atoms with Gasteiger partial charge < -0.3 is 30.6 Å². The van der Waals surface area contributed by atoms with Crippen LogP contribution in [0.4, 0.5) is 24.7 Å². The third kappa shape index (κ3) is 19.3. The molecule has 12 heteroatoms. The molecule has 2 aromatic rings. The zero-order valence-electron chi connectivity index (χ0n) is 25.0. The highest BCUT2D eigenvalue weighted by Crippen LogP contribution is 2.21. The standard InChI is InChI=1S/C20H27N5O.C7H12O.C2H3F3.CH2O2/c1-15(26-4)20(24-19-7-5-6-12-22-19)18(13-21)23-17-10-8-16(9-11-17)14-25(2)3;8-6-7-4-2-1-3-5-7;1-2(3,4)5;2-1-3/h5-13,15,23H,14,21H2,1-4H3;6-7H,1-5H2;1H3;1H,(H,2,3)/b18-13+,24-20+;;;/t15-;;;/m0.../s1. The molecule has 1 heterocycles. The van der Waals surface area contributed by atoms with Gasteiger partial charge in [-0.1, -0.05) is 37.5 Å². The number of nitrogens with one attached hydrogen (secondary N) is 1. The molecule has 1 aliphatic carbocycles. The summed E-state index contributed by atoms with van der Waals surface area (Å²) >= 11 is 0. The molecule has 0 amide bonds. The number of pyridine rings is 1. The van der Waals surface area contributed by atoms with Crippen LogP contribution in [-0.4, -0.2) is 66.9 Å². The second kappa shape index (κ2) is 21.9. The lowest BCUT2D eigenvalue weighted by atomic mass is 9.91. The van der Waals surface area contributed by atoms with Crippen molar-refractivity contribution >= 4 is 30.0 Å². The first kappa shape index (κ1) is 38.2. The van der Waals surface area contributed by atoms with Gasteiger partial charge in [-0.25, -0.2) is 9.98 Å². The summed E-state index contributed by atoms with van der Waals surface area (Å²) in [5, 5.41) is 10.2. The minimum Gasteiger partial charge on any atom is -0.483 e. The van der Waals surface area contributed by atoms with Crippen molar-refractivity contribution in [1.82, 2.24) is 9.88 Å². The third-order valence-electron chi connectivity index (χ3n) is 5.64. The number of carboxylic acid groups (broad SMARTS) is 1. The van der Waals surface area contributed by atoms with Gasteiger partial charge in [0, 0.05) is 44.6 Å². The molecule has 0 spiro atoms. The fraction of sp³-hybridized carbons (Fsp3) is 0.467. The molecule has 1 atom stereocenters. The molecular weight excluding hydrogens is 551 g/mol. The number of hydrogen-bond donors (Lipinski definition) is 3. The minimum atomic E-state index is -4.00. The number of rotatable bonds is 9. The van der Waals surface area contributed by atoms with Gasteiger partial charge in [0.1, 0.15) is 6.29 Å². The van der Waals surface area contributed by atoms with Crippen LogP contribution < -0.4 is 11.1 Å². The first-order valence-electron chi connectivity index (χ1n) is 13.4. The Hall–Kier alpha value is -3.77. The Labute approximate surface area is 246 Å². The number of anilines is 1. The highest BCUT2D eigenvalue weighted by atomic mass is 19.4. The van der Waals surface area contributed by atoms with Gasteiger partial charge in [0.05, 0.1) is 17.5 Å². The largest absolute Gasteiger partial charge is 0.483 e. The number of nitrogens with two attached hydrogens (primary N) is 1. The van der Waals surface area contributed by atoms with Gasteiger partial charge in [-0.2, -0.15) is 13.2 Å². The number of aromatic nitrogens is 1. The fourth-order valence-electron chi connectivity index (χ4n) is 3.70. The Morgan fingerprint density at radius 2 is 1.74 bits per heavy atom. The van der Waals surface area contributed by atoms with Crippen molar-refractivity contribution in [1.29, 1.82) is 0 Å². The molecule has 1 aliphatic rings. The molecule has 3 rings (SSSR count). The molecular formula is C30H44F3N5O4. The van der Waals surface area contributed by atoms with E-state index in [4.69, 9.17) is 20.4 Å². The van der Waals surface area contributed by atoms with Gasteiger partial charge in [-0.05, 0) is 63.7 Å². The molecule has 0 aliphatic heterocycles. The van der Waals surface area contributed by atoms with E-state index in [-0.39, 0.29) is 19.5 Å². The summed E-state index contributed by atoms with van der Waals surface area (Å²) in [6, 6.07) is 13.8. The van der Waals surface area contributed by atoms with E-state index in [1.54, 1.807) is 13.3 Å². The van der Waals surface area contributed by atoms with Crippen molar-refractivity contribution in [2.45, 2.75) is 64.8 Å². The highest BCUT2D eigenvalue weighted by molar-refractivity contribution is 6.06. The third-order valence-corrected chi connectivity index (χ3v) is 5.64. The molecule has 0 unspecified atom stereocenters. The van der Waals surface area contributed by atoms with Crippen LogP contribution in [0.1, 0.15) is 51.5 Å². The number of benzene rings is 1. The lowest BCUT2D eigenvalue weighted by molar-refractivity contribution is -0.123.